The quantitative estimate of drug-likeness (QED) is 0.146. The lowest BCUT2D eigenvalue weighted by Gasteiger charge is -2.10. The molecule has 1 amide bonds. The maximum Gasteiger partial charge on any atom is 0.224 e. The molecular weight excluding hydrogens is 475 g/mol. The van der Waals surface area contributed by atoms with Crippen LogP contribution < -0.4 is 16.4 Å². The van der Waals surface area contributed by atoms with Crippen molar-refractivity contribution in [2.75, 3.05) is 16.4 Å². The molecule has 0 radical (unpaired) electrons. The highest BCUT2D eigenvalue weighted by molar-refractivity contribution is 5.93. The van der Waals surface area contributed by atoms with E-state index in [1.807, 2.05) is 0 Å². The van der Waals surface area contributed by atoms with E-state index in [-0.39, 0.29) is 17.5 Å². The first-order valence-corrected chi connectivity index (χ1v) is 13.4. The lowest BCUT2D eigenvalue weighted by Crippen LogP contribution is -2.13. The number of hydrogen-bond acceptors (Lipinski definition) is 4. The monoisotopic (exact) mass is 516 g/mol. The molecule has 1 aromatic carbocycles. The van der Waals surface area contributed by atoms with Crippen molar-refractivity contribution in [3.05, 3.63) is 109 Å². The molecule has 0 aliphatic heterocycles. The van der Waals surface area contributed by atoms with Crippen molar-refractivity contribution < 1.29 is 9.18 Å². The number of halogens is 1. The van der Waals surface area contributed by atoms with Crippen LogP contribution in [0.1, 0.15) is 63.9 Å². The third kappa shape index (κ3) is 14.0. The van der Waals surface area contributed by atoms with Crippen LogP contribution in [0, 0.1) is 5.82 Å². The second-order valence-corrected chi connectivity index (χ2v) is 8.76. The van der Waals surface area contributed by atoms with Crippen LogP contribution in [0.25, 0.3) is 0 Å². The van der Waals surface area contributed by atoms with Gasteiger partial charge in [-0.1, -0.05) is 79.8 Å². The Morgan fingerprint density at radius 3 is 2.00 bits per heavy atom. The van der Waals surface area contributed by atoms with E-state index >= 15 is 0 Å². The second kappa shape index (κ2) is 19.2. The fraction of sp³-hybridized carbons (Fsp3) is 0.312. The lowest BCUT2D eigenvalue weighted by atomic mass is 10.2. The van der Waals surface area contributed by atoms with E-state index in [1.165, 1.54) is 12.1 Å². The van der Waals surface area contributed by atoms with Crippen LogP contribution in [0.5, 0.6) is 0 Å². The standard InChI is InChI=1S/C32H41FN4O/c1-2-3-4-5-6-7-8-9-10-11-12-13-14-15-16-17-18-19-31(38)36-29-24-25-30(37-32(29)34)35-26-27-20-22-28(33)23-21-27/h3-4,6-7,9-10,12-13,15-16,20-25H,2,5,8,11,14,17-19,26H2,1H3,(H,36,38)(H3,34,35,37). The van der Waals surface area contributed by atoms with E-state index in [9.17, 15) is 9.18 Å². The van der Waals surface area contributed by atoms with Crippen LogP contribution in [0.15, 0.2) is 97.2 Å². The number of carbonyl (C=O) groups is 1. The highest BCUT2D eigenvalue weighted by Crippen LogP contribution is 2.19. The summed E-state index contributed by atoms with van der Waals surface area (Å²) in [5, 5.41) is 5.97. The Balaban J connectivity index is 1.55. The molecule has 6 heteroatoms. The maximum atomic E-state index is 13.0. The molecule has 202 valence electrons. The van der Waals surface area contributed by atoms with Crippen LogP contribution in [-0.2, 0) is 11.3 Å². The summed E-state index contributed by atoms with van der Waals surface area (Å²) in [4.78, 5) is 16.6. The number of aromatic nitrogens is 1. The first-order valence-electron chi connectivity index (χ1n) is 13.4. The van der Waals surface area contributed by atoms with E-state index in [2.05, 4.69) is 83.3 Å². The van der Waals surface area contributed by atoms with E-state index < -0.39 is 0 Å². The average Bonchev–Trinajstić information content (AvgIpc) is 2.91. The third-order valence-electron chi connectivity index (χ3n) is 5.52. The number of anilines is 3. The van der Waals surface area contributed by atoms with Crippen molar-refractivity contribution in [2.45, 2.75) is 64.8 Å². The highest BCUT2D eigenvalue weighted by atomic mass is 19.1. The molecule has 1 heterocycles. The topological polar surface area (TPSA) is 80.0 Å². The Kier molecular flexibility index (Phi) is 15.3. The Morgan fingerprint density at radius 1 is 0.842 bits per heavy atom. The van der Waals surface area contributed by atoms with Crippen molar-refractivity contribution in [1.82, 2.24) is 4.98 Å². The van der Waals surface area contributed by atoms with Gasteiger partial charge in [0.15, 0.2) is 0 Å². The smallest absolute Gasteiger partial charge is 0.224 e. The number of benzene rings is 1. The van der Waals surface area contributed by atoms with E-state index in [0.29, 0.717) is 24.5 Å². The molecule has 0 fully saturated rings. The molecule has 0 bridgehead atoms. The fourth-order valence-corrected chi connectivity index (χ4v) is 3.44. The molecule has 1 aromatic heterocycles. The number of nitrogen functional groups attached to an aromatic ring is 1. The van der Waals surface area contributed by atoms with Gasteiger partial charge in [0, 0.05) is 13.0 Å². The minimum absolute atomic E-state index is 0.0853. The molecule has 2 rings (SSSR count). The van der Waals surface area contributed by atoms with Gasteiger partial charge in [-0.15, -0.1) is 0 Å². The number of nitrogens with one attached hydrogen (secondary N) is 2. The van der Waals surface area contributed by atoms with Crippen molar-refractivity contribution in [3.63, 3.8) is 0 Å². The van der Waals surface area contributed by atoms with Crippen LogP contribution in [0.3, 0.4) is 0 Å². The molecule has 0 saturated carbocycles. The van der Waals surface area contributed by atoms with Gasteiger partial charge in [0.2, 0.25) is 5.91 Å². The summed E-state index contributed by atoms with van der Waals surface area (Å²) in [6.07, 6.45) is 28.7. The molecule has 38 heavy (non-hydrogen) atoms. The summed E-state index contributed by atoms with van der Waals surface area (Å²) in [5.74, 6) is 0.482. The van der Waals surface area contributed by atoms with Crippen molar-refractivity contribution in [2.24, 2.45) is 0 Å². The van der Waals surface area contributed by atoms with Crippen LogP contribution >= 0.6 is 0 Å². The number of nitrogens with zero attached hydrogens (tertiary/aromatic N) is 1. The number of nitrogens with two attached hydrogens (primary N) is 1. The summed E-state index contributed by atoms with van der Waals surface area (Å²) in [7, 11) is 0. The normalized spacial score (nSPS) is 12.1. The molecule has 5 nitrogen and oxygen atoms in total. The fourth-order valence-electron chi connectivity index (χ4n) is 3.44. The van der Waals surface area contributed by atoms with Crippen molar-refractivity contribution in [3.8, 4) is 0 Å². The SMILES string of the molecule is CCC=CCC=CCC=CCC=CCC=CCCCC(=O)Nc1ccc(NCc2ccc(F)cc2)nc1N. The number of allylic oxidation sites excluding steroid dienone is 10. The largest absolute Gasteiger partial charge is 0.382 e. The molecule has 0 spiro atoms. The van der Waals surface area contributed by atoms with Gasteiger partial charge in [-0.05, 0) is 74.8 Å². The Labute approximate surface area is 227 Å². The van der Waals surface area contributed by atoms with E-state index in [0.717, 1.165) is 50.5 Å². The summed E-state index contributed by atoms with van der Waals surface area (Å²) >= 11 is 0. The van der Waals surface area contributed by atoms with Crippen molar-refractivity contribution in [1.29, 1.82) is 0 Å². The number of unbranched alkanes of at least 4 members (excludes halogenated alkanes) is 1. The van der Waals surface area contributed by atoms with Crippen LogP contribution in [0.2, 0.25) is 0 Å². The summed E-state index contributed by atoms with van der Waals surface area (Å²) in [5.41, 5.74) is 7.44. The predicted molar refractivity (Wildman–Crippen MR) is 159 cm³/mol. The third-order valence-corrected chi connectivity index (χ3v) is 5.52. The Morgan fingerprint density at radius 2 is 1.42 bits per heavy atom. The van der Waals surface area contributed by atoms with Crippen LogP contribution in [0.4, 0.5) is 21.7 Å². The highest BCUT2D eigenvalue weighted by Gasteiger charge is 2.07. The Bertz CT molecular complexity index is 1100. The zero-order chi connectivity index (χ0) is 27.3. The molecule has 2 aromatic rings. The summed E-state index contributed by atoms with van der Waals surface area (Å²) in [6, 6.07) is 9.74. The molecular formula is C32H41FN4O. The van der Waals surface area contributed by atoms with E-state index in [4.69, 9.17) is 5.73 Å². The molecule has 0 atom stereocenters. The van der Waals surface area contributed by atoms with Gasteiger partial charge < -0.3 is 16.4 Å². The van der Waals surface area contributed by atoms with Gasteiger partial charge in [-0.3, -0.25) is 4.79 Å². The summed E-state index contributed by atoms with van der Waals surface area (Å²) < 4.78 is 13.0. The number of amides is 1. The van der Waals surface area contributed by atoms with Gasteiger partial charge in [0.25, 0.3) is 0 Å². The first kappa shape index (κ1) is 30.3. The van der Waals surface area contributed by atoms with Crippen LogP contribution in [-0.4, -0.2) is 10.9 Å². The number of carbonyl (C=O) groups excluding carboxylic acids is 1. The molecule has 0 aliphatic carbocycles. The van der Waals surface area contributed by atoms with Gasteiger partial charge in [0.1, 0.15) is 17.5 Å². The first-order chi connectivity index (χ1) is 18.6. The number of pyridine rings is 1. The zero-order valence-electron chi connectivity index (χ0n) is 22.4. The lowest BCUT2D eigenvalue weighted by molar-refractivity contribution is -0.116. The maximum absolute atomic E-state index is 13.0. The minimum Gasteiger partial charge on any atom is -0.382 e. The predicted octanol–water partition coefficient (Wildman–Crippen LogP) is 8.28. The van der Waals surface area contributed by atoms with Gasteiger partial charge >= 0.3 is 0 Å². The Hall–Kier alpha value is -3.93. The second-order valence-electron chi connectivity index (χ2n) is 8.76. The van der Waals surface area contributed by atoms with Gasteiger partial charge in [-0.25, -0.2) is 9.37 Å². The number of hydrogen-bond donors (Lipinski definition) is 3. The molecule has 4 N–H and O–H groups in total. The number of rotatable bonds is 17. The minimum atomic E-state index is -0.269. The van der Waals surface area contributed by atoms with Crippen molar-refractivity contribution >= 4 is 23.2 Å². The molecule has 0 saturated heterocycles. The molecule has 0 unspecified atom stereocenters. The molecule has 0 aliphatic rings. The summed E-state index contributed by atoms with van der Waals surface area (Å²) in [6.45, 7) is 2.64. The van der Waals surface area contributed by atoms with Gasteiger partial charge in [0.05, 0.1) is 5.69 Å². The zero-order valence-corrected chi connectivity index (χ0v) is 22.4. The van der Waals surface area contributed by atoms with Gasteiger partial charge in [-0.2, -0.15) is 0 Å². The average molecular weight is 517 g/mol. The van der Waals surface area contributed by atoms with E-state index in [1.54, 1.807) is 24.3 Å².